The van der Waals surface area contributed by atoms with Gasteiger partial charge in [0.25, 0.3) is 0 Å². The second-order valence-electron chi connectivity index (χ2n) is 3.30. The lowest BCUT2D eigenvalue weighted by Crippen LogP contribution is -2.32. The van der Waals surface area contributed by atoms with Gasteiger partial charge in [0, 0.05) is 32.0 Å². The average molecular weight is 180 g/mol. The molecule has 0 spiro atoms. The zero-order chi connectivity index (χ0) is 9.52. The number of hydrogen-bond donors (Lipinski definition) is 2. The molecule has 1 amide bonds. The first-order chi connectivity index (χ1) is 6.33. The minimum Gasteiger partial charge on any atom is -0.356 e. The number of nitrogens with one attached hydrogen (secondary N) is 2. The summed E-state index contributed by atoms with van der Waals surface area (Å²) in [5.41, 5.74) is 0. The SMILES string of the molecule is C#CCCNC1CCCNC(=O)C1. The maximum absolute atomic E-state index is 11.1. The molecule has 72 valence electrons. The molecule has 0 aromatic heterocycles. The number of rotatable bonds is 3. The molecule has 1 saturated heterocycles. The van der Waals surface area contributed by atoms with Crippen LogP contribution >= 0.6 is 0 Å². The smallest absolute Gasteiger partial charge is 0.221 e. The molecule has 3 heteroatoms. The maximum atomic E-state index is 11.1. The fraction of sp³-hybridized carbons (Fsp3) is 0.700. The Morgan fingerprint density at radius 2 is 2.54 bits per heavy atom. The van der Waals surface area contributed by atoms with E-state index in [4.69, 9.17) is 6.42 Å². The molecule has 0 bridgehead atoms. The maximum Gasteiger partial charge on any atom is 0.221 e. The quantitative estimate of drug-likeness (QED) is 0.483. The second-order valence-corrected chi connectivity index (χ2v) is 3.30. The van der Waals surface area contributed by atoms with Crippen LogP contribution < -0.4 is 10.6 Å². The summed E-state index contributed by atoms with van der Waals surface area (Å²) in [6.45, 7) is 1.63. The van der Waals surface area contributed by atoms with Crippen molar-refractivity contribution in [1.82, 2.24) is 10.6 Å². The molecular weight excluding hydrogens is 164 g/mol. The predicted molar refractivity (Wildman–Crippen MR) is 52.1 cm³/mol. The fourth-order valence-corrected chi connectivity index (χ4v) is 1.50. The molecule has 0 saturated carbocycles. The molecule has 1 unspecified atom stereocenters. The minimum atomic E-state index is 0.149. The zero-order valence-corrected chi connectivity index (χ0v) is 7.81. The fourth-order valence-electron chi connectivity index (χ4n) is 1.50. The molecule has 2 N–H and O–H groups in total. The van der Waals surface area contributed by atoms with Crippen molar-refractivity contribution < 1.29 is 4.79 Å². The van der Waals surface area contributed by atoms with Crippen LogP contribution in [0.25, 0.3) is 0 Å². The third-order valence-electron chi connectivity index (χ3n) is 2.19. The van der Waals surface area contributed by atoms with Crippen molar-refractivity contribution in [3.05, 3.63) is 0 Å². The van der Waals surface area contributed by atoms with Crippen LogP contribution in [-0.4, -0.2) is 25.0 Å². The largest absolute Gasteiger partial charge is 0.356 e. The van der Waals surface area contributed by atoms with E-state index in [9.17, 15) is 4.79 Å². The molecular formula is C10H16N2O. The van der Waals surface area contributed by atoms with Crippen LogP contribution in [-0.2, 0) is 4.79 Å². The van der Waals surface area contributed by atoms with E-state index in [-0.39, 0.29) is 5.91 Å². The lowest BCUT2D eigenvalue weighted by atomic mass is 10.1. The highest BCUT2D eigenvalue weighted by molar-refractivity contribution is 5.76. The van der Waals surface area contributed by atoms with Gasteiger partial charge in [0.1, 0.15) is 0 Å². The van der Waals surface area contributed by atoms with Crippen molar-refractivity contribution in [1.29, 1.82) is 0 Å². The molecule has 1 heterocycles. The van der Waals surface area contributed by atoms with Gasteiger partial charge >= 0.3 is 0 Å². The Kier molecular flexibility index (Phi) is 4.34. The standard InChI is InChI=1S/C10H16N2O/c1-2-3-6-11-9-5-4-7-12-10(13)8-9/h1,9,11H,3-8H2,(H,12,13). The van der Waals surface area contributed by atoms with E-state index in [0.717, 1.165) is 32.4 Å². The van der Waals surface area contributed by atoms with E-state index in [0.29, 0.717) is 12.5 Å². The van der Waals surface area contributed by atoms with Gasteiger partial charge in [-0.15, -0.1) is 12.3 Å². The average Bonchev–Trinajstić information content (AvgIpc) is 2.31. The molecule has 0 aromatic rings. The second kappa shape index (κ2) is 5.60. The third kappa shape index (κ3) is 3.95. The topological polar surface area (TPSA) is 41.1 Å². The Labute approximate surface area is 79.3 Å². The van der Waals surface area contributed by atoms with E-state index >= 15 is 0 Å². The molecule has 0 aromatic carbocycles. The van der Waals surface area contributed by atoms with E-state index in [1.165, 1.54) is 0 Å². The summed E-state index contributed by atoms with van der Waals surface area (Å²) in [5.74, 6) is 2.72. The molecule has 1 atom stereocenters. The number of amides is 1. The number of hydrogen-bond acceptors (Lipinski definition) is 2. The van der Waals surface area contributed by atoms with Gasteiger partial charge in [-0.3, -0.25) is 4.79 Å². The predicted octanol–water partition coefficient (Wildman–Crippen LogP) is 0.268. The van der Waals surface area contributed by atoms with Crippen LogP contribution in [0.1, 0.15) is 25.7 Å². The zero-order valence-electron chi connectivity index (χ0n) is 7.81. The lowest BCUT2D eigenvalue weighted by molar-refractivity contribution is -0.121. The van der Waals surface area contributed by atoms with Gasteiger partial charge in [-0.25, -0.2) is 0 Å². The normalized spacial score (nSPS) is 23.0. The first kappa shape index (κ1) is 10.1. The molecule has 3 nitrogen and oxygen atoms in total. The van der Waals surface area contributed by atoms with Gasteiger partial charge in [0.15, 0.2) is 0 Å². The Bertz CT molecular complexity index is 207. The van der Waals surface area contributed by atoms with Crippen molar-refractivity contribution in [3.8, 4) is 12.3 Å². The van der Waals surface area contributed by atoms with Crippen molar-refractivity contribution in [2.24, 2.45) is 0 Å². The summed E-state index contributed by atoms with van der Waals surface area (Å²) in [4.78, 5) is 11.1. The van der Waals surface area contributed by atoms with E-state index in [2.05, 4.69) is 16.6 Å². The van der Waals surface area contributed by atoms with Gasteiger partial charge in [-0.1, -0.05) is 0 Å². The highest BCUT2D eigenvalue weighted by Crippen LogP contribution is 2.05. The highest BCUT2D eigenvalue weighted by Gasteiger charge is 2.15. The first-order valence-electron chi connectivity index (χ1n) is 4.76. The van der Waals surface area contributed by atoms with Gasteiger partial charge in [0.2, 0.25) is 5.91 Å². The van der Waals surface area contributed by atoms with E-state index in [1.807, 2.05) is 0 Å². The summed E-state index contributed by atoms with van der Waals surface area (Å²) in [5, 5.41) is 6.14. The van der Waals surface area contributed by atoms with Crippen LogP contribution in [0.3, 0.4) is 0 Å². The molecule has 1 rings (SSSR count). The summed E-state index contributed by atoms with van der Waals surface area (Å²) in [6.07, 6.45) is 8.57. The van der Waals surface area contributed by atoms with Gasteiger partial charge < -0.3 is 10.6 Å². The van der Waals surface area contributed by atoms with Gasteiger partial charge in [-0.2, -0.15) is 0 Å². The van der Waals surface area contributed by atoms with Crippen molar-refractivity contribution in [2.75, 3.05) is 13.1 Å². The molecule has 0 aliphatic carbocycles. The monoisotopic (exact) mass is 180 g/mol. The van der Waals surface area contributed by atoms with Gasteiger partial charge in [-0.05, 0) is 12.8 Å². The molecule has 1 aliphatic heterocycles. The van der Waals surface area contributed by atoms with Crippen LogP contribution in [0.4, 0.5) is 0 Å². The Morgan fingerprint density at radius 3 is 3.31 bits per heavy atom. The van der Waals surface area contributed by atoms with Crippen LogP contribution in [0, 0.1) is 12.3 Å². The van der Waals surface area contributed by atoms with Crippen LogP contribution in [0.5, 0.6) is 0 Å². The van der Waals surface area contributed by atoms with Gasteiger partial charge in [0.05, 0.1) is 0 Å². The number of terminal acetylenes is 1. The van der Waals surface area contributed by atoms with E-state index < -0.39 is 0 Å². The van der Waals surface area contributed by atoms with Crippen LogP contribution in [0.15, 0.2) is 0 Å². The Hall–Kier alpha value is -1.01. The van der Waals surface area contributed by atoms with E-state index in [1.54, 1.807) is 0 Å². The summed E-state index contributed by atoms with van der Waals surface area (Å²) < 4.78 is 0. The molecule has 1 fully saturated rings. The summed E-state index contributed by atoms with van der Waals surface area (Å²) >= 11 is 0. The number of carbonyl (C=O) groups excluding carboxylic acids is 1. The lowest BCUT2D eigenvalue weighted by Gasteiger charge is -2.13. The number of carbonyl (C=O) groups is 1. The molecule has 0 radical (unpaired) electrons. The first-order valence-corrected chi connectivity index (χ1v) is 4.76. The summed E-state index contributed by atoms with van der Waals surface area (Å²) in [7, 11) is 0. The van der Waals surface area contributed by atoms with Crippen LogP contribution in [0.2, 0.25) is 0 Å². The highest BCUT2D eigenvalue weighted by atomic mass is 16.1. The molecule has 13 heavy (non-hydrogen) atoms. The Balaban J connectivity index is 2.23. The third-order valence-corrected chi connectivity index (χ3v) is 2.19. The van der Waals surface area contributed by atoms with Crippen molar-refractivity contribution in [3.63, 3.8) is 0 Å². The summed E-state index contributed by atoms with van der Waals surface area (Å²) in [6, 6.07) is 0.316. The van der Waals surface area contributed by atoms with Crippen molar-refractivity contribution >= 4 is 5.91 Å². The molecule has 1 aliphatic rings. The minimum absolute atomic E-state index is 0.149. The Morgan fingerprint density at radius 1 is 1.69 bits per heavy atom. The van der Waals surface area contributed by atoms with Crippen molar-refractivity contribution in [2.45, 2.75) is 31.7 Å².